The zero-order chi connectivity index (χ0) is 22.4. The Morgan fingerprint density at radius 3 is 2.26 bits per heavy atom. The molecule has 0 aliphatic rings. The average Bonchev–Trinajstić information content (AvgIpc) is 3.25. The van der Waals surface area contributed by atoms with Crippen LogP contribution in [-0.2, 0) is 9.53 Å². The van der Waals surface area contributed by atoms with Crippen LogP contribution >= 0.6 is 0 Å². The summed E-state index contributed by atoms with van der Waals surface area (Å²) in [6, 6.07) is 19.6. The molecule has 3 rings (SSSR count). The Morgan fingerprint density at radius 1 is 1.03 bits per heavy atom. The standard InChI is InChI=1S/C22H21N3O6/c1-15(2)24(17-6-4-3-5-7-17)18-10-8-16(9-11-18)23-20(26)14-30-22(27)19-12-13-21(31-19)25(28)29/h3-13,15H,14H2,1-2H3,(H,23,26). The number of furan rings is 1. The van der Waals surface area contributed by atoms with Gasteiger partial charge in [-0.25, -0.2) is 4.79 Å². The average molecular weight is 423 g/mol. The first kappa shape index (κ1) is 21.6. The van der Waals surface area contributed by atoms with Crippen LogP contribution in [-0.4, -0.2) is 29.4 Å². The van der Waals surface area contributed by atoms with E-state index in [-0.39, 0.29) is 11.8 Å². The van der Waals surface area contributed by atoms with Gasteiger partial charge < -0.3 is 19.4 Å². The largest absolute Gasteiger partial charge is 0.450 e. The van der Waals surface area contributed by atoms with Crippen molar-refractivity contribution >= 4 is 34.8 Å². The van der Waals surface area contributed by atoms with E-state index in [4.69, 9.17) is 9.15 Å². The number of carbonyl (C=O) groups excluding carboxylic acids is 2. The summed E-state index contributed by atoms with van der Waals surface area (Å²) >= 11 is 0. The summed E-state index contributed by atoms with van der Waals surface area (Å²) in [7, 11) is 0. The van der Waals surface area contributed by atoms with Crippen LogP contribution in [0, 0.1) is 10.1 Å². The number of ether oxygens (including phenoxy) is 1. The normalized spacial score (nSPS) is 10.5. The molecule has 1 N–H and O–H groups in total. The van der Waals surface area contributed by atoms with Gasteiger partial charge in [0.2, 0.25) is 5.76 Å². The van der Waals surface area contributed by atoms with Crippen molar-refractivity contribution in [2.45, 2.75) is 19.9 Å². The minimum atomic E-state index is -0.964. The van der Waals surface area contributed by atoms with Gasteiger partial charge in [-0.1, -0.05) is 18.2 Å². The van der Waals surface area contributed by atoms with E-state index in [0.29, 0.717) is 5.69 Å². The molecule has 1 aromatic heterocycles. The van der Waals surface area contributed by atoms with Crippen LogP contribution in [0.3, 0.4) is 0 Å². The van der Waals surface area contributed by atoms with Crippen LogP contribution in [0.15, 0.2) is 71.1 Å². The van der Waals surface area contributed by atoms with Crippen molar-refractivity contribution in [3.63, 3.8) is 0 Å². The molecule has 0 radical (unpaired) electrons. The van der Waals surface area contributed by atoms with E-state index in [1.54, 1.807) is 12.1 Å². The van der Waals surface area contributed by atoms with Crippen molar-refractivity contribution < 1.29 is 23.7 Å². The second-order valence-electron chi connectivity index (χ2n) is 6.87. The number of hydrogen-bond donors (Lipinski definition) is 1. The number of nitrogens with one attached hydrogen (secondary N) is 1. The summed E-state index contributed by atoms with van der Waals surface area (Å²) in [5, 5.41) is 13.2. The number of esters is 1. The predicted octanol–water partition coefficient (Wildman–Crippen LogP) is 4.53. The maximum absolute atomic E-state index is 12.1. The van der Waals surface area contributed by atoms with Gasteiger partial charge in [0.25, 0.3) is 5.91 Å². The van der Waals surface area contributed by atoms with Crippen LogP contribution in [0.4, 0.5) is 22.9 Å². The fraction of sp³-hybridized carbons (Fsp3) is 0.182. The first-order chi connectivity index (χ1) is 14.8. The molecule has 0 fully saturated rings. The third kappa shape index (κ3) is 5.47. The molecule has 1 amide bonds. The molecule has 0 unspecified atom stereocenters. The number of nitro groups is 1. The topological polar surface area (TPSA) is 115 Å². The second kappa shape index (κ2) is 9.57. The molecule has 31 heavy (non-hydrogen) atoms. The molecular weight excluding hydrogens is 402 g/mol. The highest BCUT2D eigenvalue weighted by Gasteiger charge is 2.19. The lowest BCUT2D eigenvalue weighted by atomic mass is 10.2. The molecule has 0 spiro atoms. The third-order valence-corrected chi connectivity index (χ3v) is 4.29. The quantitative estimate of drug-likeness (QED) is 0.321. The highest BCUT2D eigenvalue weighted by molar-refractivity contribution is 5.94. The lowest BCUT2D eigenvalue weighted by Gasteiger charge is -2.29. The van der Waals surface area contributed by atoms with Crippen molar-refractivity contribution in [1.29, 1.82) is 0 Å². The van der Waals surface area contributed by atoms with E-state index in [0.717, 1.165) is 23.5 Å². The van der Waals surface area contributed by atoms with Gasteiger partial charge in [0.15, 0.2) is 6.61 Å². The minimum Gasteiger partial charge on any atom is -0.450 e. The molecule has 0 aliphatic heterocycles. The molecular formula is C22H21N3O6. The number of carbonyl (C=O) groups is 2. The Bertz CT molecular complexity index is 1060. The van der Waals surface area contributed by atoms with Crippen LogP contribution in [0.5, 0.6) is 0 Å². The molecule has 160 valence electrons. The molecule has 2 aromatic carbocycles. The summed E-state index contributed by atoms with van der Waals surface area (Å²) in [5.74, 6) is -2.44. The van der Waals surface area contributed by atoms with E-state index in [1.807, 2.05) is 42.5 Å². The molecule has 3 aromatic rings. The van der Waals surface area contributed by atoms with Gasteiger partial charge >= 0.3 is 11.9 Å². The van der Waals surface area contributed by atoms with E-state index >= 15 is 0 Å². The lowest BCUT2D eigenvalue weighted by Crippen LogP contribution is -2.25. The number of benzene rings is 2. The number of hydrogen-bond acceptors (Lipinski definition) is 7. The highest BCUT2D eigenvalue weighted by atomic mass is 16.7. The Balaban J connectivity index is 1.58. The van der Waals surface area contributed by atoms with Crippen LogP contribution < -0.4 is 10.2 Å². The Labute approximate surface area is 178 Å². The van der Waals surface area contributed by atoms with Crippen LogP contribution in [0.1, 0.15) is 24.4 Å². The van der Waals surface area contributed by atoms with E-state index < -0.39 is 29.3 Å². The zero-order valence-corrected chi connectivity index (χ0v) is 17.0. The minimum absolute atomic E-state index is 0.222. The van der Waals surface area contributed by atoms with Gasteiger partial charge in [-0.15, -0.1) is 0 Å². The van der Waals surface area contributed by atoms with E-state index in [2.05, 4.69) is 24.1 Å². The second-order valence-corrected chi connectivity index (χ2v) is 6.87. The Kier molecular flexibility index (Phi) is 6.66. The fourth-order valence-corrected chi connectivity index (χ4v) is 2.97. The first-order valence-electron chi connectivity index (χ1n) is 9.50. The Hall–Kier alpha value is -4.14. The van der Waals surface area contributed by atoms with Crippen LogP contribution in [0.25, 0.3) is 0 Å². The summed E-state index contributed by atoms with van der Waals surface area (Å²) < 4.78 is 9.57. The number of nitrogens with zero attached hydrogens (tertiary/aromatic N) is 2. The predicted molar refractivity (Wildman–Crippen MR) is 114 cm³/mol. The zero-order valence-electron chi connectivity index (χ0n) is 17.0. The number of para-hydroxylation sites is 1. The molecule has 1 heterocycles. The maximum Gasteiger partial charge on any atom is 0.433 e. The van der Waals surface area contributed by atoms with E-state index in [9.17, 15) is 19.7 Å². The van der Waals surface area contributed by atoms with Gasteiger partial charge in [0, 0.05) is 23.1 Å². The summed E-state index contributed by atoms with van der Waals surface area (Å²) in [6.07, 6.45) is 0. The highest BCUT2D eigenvalue weighted by Crippen LogP contribution is 2.28. The van der Waals surface area contributed by atoms with Crippen molar-refractivity contribution in [3.05, 3.63) is 82.6 Å². The van der Waals surface area contributed by atoms with Crippen molar-refractivity contribution in [2.75, 3.05) is 16.8 Å². The van der Waals surface area contributed by atoms with Gasteiger partial charge in [-0.3, -0.25) is 14.9 Å². The molecule has 9 nitrogen and oxygen atoms in total. The van der Waals surface area contributed by atoms with Crippen molar-refractivity contribution in [1.82, 2.24) is 0 Å². The molecule has 9 heteroatoms. The molecule has 0 saturated carbocycles. The fourth-order valence-electron chi connectivity index (χ4n) is 2.97. The van der Waals surface area contributed by atoms with Crippen molar-refractivity contribution in [2.24, 2.45) is 0 Å². The molecule has 0 bridgehead atoms. The lowest BCUT2D eigenvalue weighted by molar-refractivity contribution is -0.402. The summed E-state index contributed by atoms with van der Waals surface area (Å²) in [4.78, 5) is 35.9. The van der Waals surface area contributed by atoms with Crippen molar-refractivity contribution in [3.8, 4) is 0 Å². The third-order valence-electron chi connectivity index (χ3n) is 4.29. The summed E-state index contributed by atoms with van der Waals surface area (Å²) in [5.41, 5.74) is 2.56. The first-order valence-corrected chi connectivity index (χ1v) is 9.50. The monoisotopic (exact) mass is 423 g/mol. The van der Waals surface area contributed by atoms with Crippen LogP contribution in [0.2, 0.25) is 0 Å². The van der Waals surface area contributed by atoms with Gasteiger partial charge in [0.05, 0.1) is 6.07 Å². The SMILES string of the molecule is CC(C)N(c1ccccc1)c1ccc(NC(=O)COC(=O)c2ccc([N+](=O)[O-])o2)cc1. The van der Waals surface area contributed by atoms with Gasteiger partial charge in [-0.05, 0) is 56.3 Å². The molecule has 0 aliphatic carbocycles. The van der Waals surface area contributed by atoms with Gasteiger partial charge in [-0.2, -0.15) is 0 Å². The van der Waals surface area contributed by atoms with E-state index in [1.165, 1.54) is 0 Å². The number of anilines is 3. The Morgan fingerprint density at radius 2 is 1.68 bits per heavy atom. The molecule has 0 saturated heterocycles. The van der Waals surface area contributed by atoms with Gasteiger partial charge in [0.1, 0.15) is 4.92 Å². The number of rotatable bonds is 8. The summed E-state index contributed by atoms with van der Waals surface area (Å²) in [6.45, 7) is 3.62. The smallest absolute Gasteiger partial charge is 0.433 e. The number of amides is 1. The maximum atomic E-state index is 12.1. The molecule has 0 atom stereocenters.